The second-order valence-electron chi connectivity index (χ2n) is 23.2. The maximum Gasteiger partial charge on any atom is 0.251 e. The molecule has 2 aliphatic heterocycles. The van der Waals surface area contributed by atoms with Crippen LogP contribution in [-0.4, -0.2) is 155 Å². The number of hydrogen-bond acceptors (Lipinski definition) is 16. The number of thiazole rings is 1. The molecule has 0 aliphatic carbocycles. The molecule has 5 heterocycles. The van der Waals surface area contributed by atoms with Crippen molar-refractivity contribution in [1.29, 1.82) is 0 Å². The first kappa shape index (κ1) is 63.9. The number of aliphatic hydroxyl groups excluding tert-OH is 1. The van der Waals surface area contributed by atoms with Crippen LogP contribution in [0.1, 0.15) is 125 Å². The van der Waals surface area contributed by atoms with Crippen LogP contribution in [0.5, 0.6) is 5.75 Å². The van der Waals surface area contributed by atoms with E-state index in [1.165, 1.54) is 4.90 Å². The van der Waals surface area contributed by atoms with E-state index in [0.29, 0.717) is 64.1 Å². The molecule has 0 saturated carbocycles. The Morgan fingerprint density at radius 3 is 2.22 bits per heavy atom. The second kappa shape index (κ2) is 31.3. The lowest BCUT2D eigenvalue weighted by Gasteiger charge is -2.40. The number of β-amino-alcohol motifs (C(OH)–C–C–N with tert-alkyl or cyclic N) is 1. The highest BCUT2D eigenvalue weighted by atomic mass is 32.1. The number of carbonyl (C=O) groups is 4. The standard InChI is InChI=1S/C64H85N11O9S/c1-44(68-59(78)50-15-11-16-51(38-50)71-64(25-29-74(6)30-26-64)62-70-58(72-73-62)48-23-27-65-28-24-48)49-14-12-17-53(39-49)84-33-10-8-7-9-31-81-34-36-83-37-35-82-32-13-18-55(77)69-57(63(3,4)5)61(80)75-42-52(76)40-54(75)60(79)66-41-46-19-21-47(22-20-46)56-45(2)67-43-85-56/h11-12,14-17,19-24,27-28,38-39,43-44,52,54,57,71,76H,7-10,13,18,25-26,29-37,40-42H2,1-6H3,(H,66,79)(H,68,78)(H,69,77)(H,70,72,73)/t44-,52+,54-,57+/m0/s1. The van der Waals surface area contributed by atoms with Crippen molar-refractivity contribution in [1.82, 2.24) is 50.9 Å². The smallest absolute Gasteiger partial charge is 0.251 e. The number of H-pyrrole nitrogens is 1. The third-order valence-electron chi connectivity index (χ3n) is 15.5. The molecule has 85 heavy (non-hydrogen) atoms. The summed E-state index contributed by atoms with van der Waals surface area (Å²) in [6.07, 6.45) is 8.83. The number of anilines is 1. The van der Waals surface area contributed by atoms with Crippen LogP contribution in [-0.2, 0) is 40.7 Å². The Hall–Kier alpha value is -7.14. The largest absolute Gasteiger partial charge is 0.494 e. The molecule has 6 N–H and O–H groups in total. The van der Waals surface area contributed by atoms with Gasteiger partial charge in [-0.15, -0.1) is 11.3 Å². The Kier molecular flexibility index (Phi) is 23.5. The number of aryl methyl sites for hydroxylation is 1. The number of ether oxygens (including phenoxy) is 4. The average Bonchev–Trinajstić information content (AvgIpc) is 4.52. The summed E-state index contributed by atoms with van der Waals surface area (Å²) in [6, 6.07) is 25.2. The lowest BCUT2D eigenvalue weighted by atomic mass is 9.85. The van der Waals surface area contributed by atoms with Gasteiger partial charge in [-0.25, -0.2) is 9.97 Å². The highest BCUT2D eigenvalue weighted by molar-refractivity contribution is 7.13. The van der Waals surface area contributed by atoms with Crippen molar-refractivity contribution in [3.63, 3.8) is 0 Å². The van der Waals surface area contributed by atoms with Crippen molar-refractivity contribution < 1.29 is 43.2 Å². The number of aliphatic hydroxyl groups is 1. The van der Waals surface area contributed by atoms with Crippen molar-refractivity contribution in [2.24, 2.45) is 5.41 Å². The Morgan fingerprint density at radius 2 is 1.52 bits per heavy atom. The van der Waals surface area contributed by atoms with E-state index in [2.05, 4.69) is 53.4 Å². The van der Waals surface area contributed by atoms with Gasteiger partial charge in [-0.2, -0.15) is 5.10 Å². The number of rotatable bonds is 31. The summed E-state index contributed by atoms with van der Waals surface area (Å²) < 4.78 is 23.3. The first-order valence-electron chi connectivity index (χ1n) is 29.8. The number of amides is 4. The van der Waals surface area contributed by atoms with Crippen LogP contribution < -0.4 is 26.0 Å². The highest BCUT2D eigenvalue weighted by Crippen LogP contribution is 2.36. The van der Waals surface area contributed by atoms with Gasteiger partial charge >= 0.3 is 0 Å². The number of benzene rings is 3. The van der Waals surface area contributed by atoms with Gasteiger partial charge in [0.1, 0.15) is 17.8 Å². The van der Waals surface area contributed by atoms with Crippen LogP contribution in [0.3, 0.4) is 0 Å². The zero-order valence-corrected chi connectivity index (χ0v) is 50.9. The molecular formula is C64H85N11O9S. The highest BCUT2D eigenvalue weighted by Gasteiger charge is 2.45. The second-order valence-corrected chi connectivity index (χ2v) is 24.1. The maximum absolute atomic E-state index is 14.0. The molecule has 8 rings (SSSR count). The monoisotopic (exact) mass is 1180 g/mol. The first-order chi connectivity index (χ1) is 41.0. The Labute approximate surface area is 503 Å². The molecule has 4 amide bonds. The molecule has 2 saturated heterocycles. The Morgan fingerprint density at radius 1 is 0.824 bits per heavy atom. The van der Waals surface area contributed by atoms with Gasteiger partial charge in [-0.05, 0) is 124 Å². The molecule has 2 fully saturated rings. The van der Waals surface area contributed by atoms with Gasteiger partial charge < -0.3 is 55.1 Å². The summed E-state index contributed by atoms with van der Waals surface area (Å²) in [7, 11) is 2.12. The molecule has 6 aromatic rings. The van der Waals surface area contributed by atoms with Crippen LogP contribution in [0.15, 0.2) is 103 Å². The Balaban J connectivity index is 0.642. The third kappa shape index (κ3) is 18.7. The SMILES string of the molecule is Cc1ncsc1-c1ccc(CNC(=O)[C@@H]2C[C@@H](O)CN2C(=O)[C@@H](NC(=O)CCCOCCOCCOCCCCCCOc2cccc([C@H](C)NC(=O)c3cccc(NC4(c5nc(-c6ccncc6)n[nH]5)CCN(C)CC4)c3)c2)C(C)(C)C)cc1. The quantitative estimate of drug-likeness (QED) is 0.0224. The number of aromatic nitrogens is 5. The number of likely N-dealkylation sites (tertiary alicyclic amines) is 2. The predicted molar refractivity (Wildman–Crippen MR) is 328 cm³/mol. The van der Waals surface area contributed by atoms with E-state index in [0.717, 1.165) is 102 Å². The molecule has 2 aliphatic rings. The minimum atomic E-state index is -0.901. The van der Waals surface area contributed by atoms with Crippen LogP contribution in [0.4, 0.5) is 5.69 Å². The number of piperidine rings is 1. The van der Waals surface area contributed by atoms with E-state index in [-0.39, 0.29) is 49.7 Å². The fraction of sp³-hybridized carbons (Fsp3) is 0.500. The number of aromatic amines is 1. The Bertz CT molecular complexity index is 3070. The predicted octanol–water partition coefficient (Wildman–Crippen LogP) is 8.40. The number of carbonyl (C=O) groups excluding carboxylic acids is 4. The number of pyridine rings is 1. The summed E-state index contributed by atoms with van der Waals surface area (Å²) in [5.41, 5.74) is 6.83. The molecular weight excluding hydrogens is 1100 g/mol. The molecule has 3 aromatic heterocycles. The van der Waals surface area contributed by atoms with Gasteiger partial charge in [0.05, 0.1) is 66.8 Å². The van der Waals surface area contributed by atoms with Gasteiger partial charge in [0.25, 0.3) is 5.91 Å². The van der Waals surface area contributed by atoms with E-state index in [9.17, 15) is 24.3 Å². The van der Waals surface area contributed by atoms with Crippen LogP contribution in [0.25, 0.3) is 21.8 Å². The van der Waals surface area contributed by atoms with Crippen molar-refractivity contribution in [3.8, 4) is 27.6 Å². The summed E-state index contributed by atoms with van der Waals surface area (Å²) in [4.78, 5) is 72.4. The molecule has 0 bridgehead atoms. The van der Waals surface area contributed by atoms with Crippen LogP contribution in [0, 0.1) is 12.3 Å². The lowest BCUT2D eigenvalue weighted by Crippen LogP contribution is -2.57. The summed E-state index contributed by atoms with van der Waals surface area (Å²) in [6.45, 7) is 14.9. The minimum absolute atomic E-state index is 0.00739. The fourth-order valence-electron chi connectivity index (χ4n) is 10.5. The van der Waals surface area contributed by atoms with E-state index < -0.39 is 35.0 Å². The zero-order chi connectivity index (χ0) is 60.2. The van der Waals surface area contributed by atoms with Gasteiger partial charge in [-0.3, -0.25) is 29.3 Å². The van der Waals surface area contributed by atoms with Crippen LogP contribution >= 0.6 is 11.3 Å². The molecule has 456 valence electrons. The first-order valence-corrected chi connectivity index (χ1v) is 30.6. The average molecular weight is 1180 g/mol. The van der Waals surface area contributed by atoms with Crippen molar-refractivity contribution in [3.05, 3.63) is 131 Å². The topological polar surface area (TPSA) is 247 Å². The normalized spacial score (nSPS) is 16.8. The zero-order valence-electron chi connectivity index (χ0n) is 50.1. The maximum atomic E-state index is 14.0. The fourth-order valence-corrected chi connectivity index (χ4v) is 11.3. The molecule has 4 atom stereocenters. The van der Waals surface area contributed by atoms with Gasteiger partial charge in [0.15, 0.2) is 11.6 Å². The van der Waals surface area contributed by atoms with Crippen molar-refractivity contribution >= 4 is 40.7 Å². The van der Waals surface area contributed by atoms with Gasteiger partial charge in [0, 0.05) is 81.4 Å². The van der Waals surface area contributed by atoms with Crippen molar-refractivity contribution in [2.45, 2.75) is 129 Å². The van der Waals surface area contributed by atoms with E-state index in [1.807, 2.05) is 125 Å². The number of nitrogens with zero attached hydrogens (tertiary/aromatic N) is 6. The van der Waals surface area contributed by atoms with Gasteiger partial charge in [-0.1, -0.05) is 69.7 Å². The summed E-state index contributed by atoms with van der Waals surface area (Å²) in [5, 5.41) is 31.1. The summed E-state index contributed by atoms with van der Waals surface area (Å²) in [5.74, 6) is 0.939. The molecule has 0 radical (unpaired) electrons. The molecule has 21 heteroatoms. The lowest BCUT2D eigenvalue weighted by molar-refractivity contribution is -0.144. The molecule has 20 nitrogen and oxygen atoms in total. The van der Waals surface area contributed by atoms with Crippen LogP contribution in [0.2, 0.25) is 0 Å². The van der Waals surface area contributed by atoms with E-state index in [1.54, 1.807) is 23.7 Å². The minimum Gasteiger partial charge on any atom is -0.494 e. The number of unbranched alkanes of at least 4 members (excludes halogenated alkanes) is 3. The van der Waals surface area contributed by atoms with Gasteiger partial charge in [0.2, 0.25) is 17.7 Å². The van der Waals surface area contributed by atoms with E-state index in [4.69, 9.17) is 23.9 Å². The molecule has 0 unspecified atom stereocenters. The molecule has 3 aromatic carbocycles. The number of nitrogens with one attached hydrogen (secondary N) is 5. The number of hydrogen-bond donors (Lipinski definition) is 6. The van der Waals surface area contributed by atoms with E-state index >= 15 is 0 Å². The third-order valence-corrected chi connectivity index (χ3v) is 16.5. The summed E-state index contributed by atoms with van der Waals surface area (Å²) >= 11 is 1.58. The molecule has 0 spiro atoms. The van der Waals surface area contributed by atoms with Crippen molar-refractivity contribution in [2.75, 3.05) is 78.2 Å².